The lowest BCUT2D eigenvalue weighted by Gasteiger charge is -2.37. The molecule has 0 fully saturated rings. The zero-order valence-electron chi connectivity index (χ0n) is 19.1. The molecule has 0 bridgehead atoms. The number of hydrogen-bond donors (Lipinski definition) is 3. The maximum Gasteiger partial charge on any atom is 0.338 e. The van der Waals surface area contributed by atoms with Crippen molar-refractivity contribution >= 4 is 52.5 Å². The number of nitrogens with one attached hydrogen (secondary N) is 3. The summed E-state index contributed by atoms with van der Waals surface area (Å²) in [6.45, 7) is 6.57. The second kappa shape index (κ2) is 11.2. The molecular weight excluding hydrogens is 456 g/mol. The first-order valence-corrected chi connectivity index (χ1v) is 12.3. The van der Waals surface area contributed by atoms with Gasteiger partial charge in [-0.3, -0.25) is 0 Å². The van der Waals surface area contributed by atoms with Crippen molar-refractivity contribution in [3.63, 3.8) is 0 Å². The first kappa shape index (κ1) is 24.6. The van der Waals surface area contributed by atoms with Gasteiger partial charge in [0.05, 0.1) is 18.2 Å². The van der Waals surface area contributed by atoms with Gasteiger partial charge in [0.15, 0.2) is 5.11 Å². The molecule has 1 aliphatic heterocycles. The van der Waals surface area contributed by atoms with E-state index in [2.05, 4.69) is 16.0 Å². The van der Waals surface area contributed by atoms with Gasteiger partial charge >= 0.3 is 12.0 Å². The van der Waals surface area contributed by atoms with Crippen LogP contribution in [0.15, 0.2) is 64.7 Å². The normalized spacial score (nSPS) is 15.7. The number of nitrogens with zero attached hydrogens (tertiary/aromatic N) is 1. The number of rotatable bonds is 7. The molecule has 0 radical (unpaired) electrons. The Bertz CT molecular complexity index is 1050. The van der Waals surface area contributed by atoms with Crippen LogP contribution in [0.25, 0.3) is 0 Å². The molecule has 174 valence electrons. The molecular formula is C24H28N4O3S2. The van der Waals surface area contributed by atoms with Gasteiger partial charge in [-0.05, 0) is 81.2 Å². The summed E-state index contributed by atoms with van der Waals surface area (Å²) in [4.78, 5) is 28.1. The number of thiocarbonyl (C=S) groups is 1. The minimum atomic E-state index is -0.433. The van der Waals surface area contributed by atoms with Crippen molar-refractivity contribution in [3.05, 3.63) is 65.4 Å². The van der Waals surface area contributed by atoms with E-state index in [9.17, 15) is 9.59 Å². The van der Waals surface area contributed by atoms with Gasteiger partial charge in [0.25, 0.3) is 0 Å². The Morgan fingerprint density at radius 1 is 1.06 bits per heavy atom. The quantitative estimate of drug-likeness (QED) is 0.285. The number of hydrogen-bond acceptors (Lipinski definition) is 5. The lowest BCUT2D eigenvalue weighted by atomic mass is 9.95. The number of allylic oxidation sites excluding steroid dienone is 1. The van der Waals surface area contributed by atoms with Crippen LogP contribution in [0.4, 0.5) is 16.2 Å². The standard InChI is InChI=1S/C24H28N4O3S2/c1-5-28-15(3)20(22(29)31-6-2)21(27-24(28)32)16-7-9-17(10-8-16)25-23(30)26-18-11-13-19(33-4)14-12-18/h7-14,21H,5-6H2,1-4H3,(H,27,32)(H2,25,26,30). The molecule has 7 nitrogen and oxygen atoms in total. The number of anilines is 2. The predicted molar refractivity (Wildman–Crippen MR) is 137 cm³/mol. The summed E-state index contributed by atoms with van der Waals surface area (Å²) in [5.74, 6) is -0.373. The Kier molecular flexibility index (Phi) is 8.35. The van der Waals surface area contributed by atoms with E-state index in [0.29, 0.717) is 28.6 Å². The molecule has 3 N–H and O–H groups in total. The molecule has 2 aromatic carbocycles. The van der Waals surface area contributed by atoms with Crippen LogP contribution < -0.4 is 16.0 Å². The van der Waals surface area contributed by atoms with Crippen molar-refractivity contribution in [3.8, 4) is 0 Å². The third-order valence-corrected chi connectivity index (χ3v) is 6.34. The van der Waals surface area contributed by atoms with E-state index in [-0.39, 0.29) is 18.6 Å². The van der Waals surface area contributed by atoms with E-state index in [1.165, 1.54) is 0 Å². The highest BCUT2D eigenvalue weighted by Crippen LogP contribution is 2.32. The van der Waals surface area contributed by atoms with Crippen molar-refractivity contribution in [2.24, 2.45) is 0 Å². The maximum atomic E-state index is 12.7. The third-order valence-electron chi connectivity index (χ3n) is 5.26. The number of urea groups is 1. The van der Waals surface area contributed by atoms with Crippen LogP contribution in [0.3, 0.4) is 0 Å². The van der Waals surface area contributed by atoms with Crippen LogP contribution >= 0.6 is 24.0 Å². The fraction of sp³-hybridized carbons (Fsp3) is 0.292. The fourth-order valence-corrected chi connectivity index (χ4v) is 4.40. The second-order valence-corrected chi connectivity index (χ2v) is 8.54. The summed E-state index contributed by atoms with van der Waals surface area (Å²) < 4.78 is 5.31. The van der Waals surface area contributed by atoms with E-state index in [0.717, 1.165) is 16.2 Å². The Balaban J connectivity index is 1.75. The van der Waals surface area contributed by atoms with E-state index >= 15 is 0 Å². The van der Waals surface area contributed by atoms with Crippen LogP contribution in [0.1, 0.15) is 32.4 Å². The van der Waals surface area contributed by atoms with Gasteiger partial charge in [-0.1, -0.05) is 12.1 Å². The topological polar surface area (TPSA) is 82.7 Å². The van der Waals surface area contributed by atoms with Gasteiger partial charge in [-0.25, -0.2) is 9.59 Å². The molecule has 2 aromatic rings. The van der Waals surface area contributed by atoms with Crippen LogP contribution in [-0.2, 0) is 9.53 Å². The number of carbonyl (C=O) groups excluding carboxylic acids is 2. The zero-order valence-corrected chi connectivity index (χ0v) is 20.7. The Morgan fingerprint density at radius 3 is 2.15 bits per heavy atom. The molecule has 2 amide bonds. The lowest BCUT2D eigenvalue weighted by Crippen LogP contribution is -2.47. The number of esters is 1. The van der Waals surface area contributed by atoms with Gasteiger partial charge in [0, 0.05) is 28.5 Å². The number of benzene rings is 2. The van der Waals surface area contributed by atoms with E-state index in [4.69, 9.17) is 17.0 Å². The molecule has 1 heterocycles. The Morgan fingerprint density at radius 2 is 1.64 bits per heavy atom. The van der Waals surface area contributed by atoms with Gasteiger partial charge in [0.1, 0.15) is 0 Å². The van der Waals surface area contributed by atoms with E-state index in [1.807, 2.05) is 61.4 Å². The molecule has 1 atom stereocenters. The summed E-state index contributed by atoms with van der Waals surface area (Å²) in [6.07, 6.45) is 2.00. The summed E-state index contributed by atoms with van der Waals surface area (Å²) in [7, 11) is 0. The van der Waals surface area contributed by atoms with Crippen LogP contribution in [-0.4, -0.2) is 41.4 Å². The molecule has 33 heavy (non-hydrogen) atoms. The molecule has 3 rings (SSSR count). The van der Waals surface area contributed by atoms with E-state index in [1.54, 1.807) is 30.8 Å². The van der Waals surface area contributed by atoms with Gasteiger partial charge in [-0.15, -0.1) is 11.8 Å². The van der Waals surface area contributed by atoms with Crippen LogP contribution in [0.2, 0.25) is 0 Å². The fourth-order valence-electron chi connectivity index (χ4n) is 3.61. The molecule has 0 aromatic heterocycles. The number of ether oxygens (including phenoxy) is 1. The molecule has 1 aliphatic rings. The predicted octanol–water partition coefficient (Wildman–Crippen LogP) is 5.14. The van der Waals surface area contributed by atoms with Crippen molar-refractivity contribution in [1.29, 1.82) is 0 Å². The monoisotopic (exact) mass is 484 g/mol. The van der Waals surface area contributed by atoms with Crippen molar-refractivity contribution < 1.29 is 14.3 Å². The molecule has 0 spiro atoms. The Hall–Kier alpha value is -3.04. The van der Waals surface area contributed by atoms with Crippen molar-refractivity contribution in [2.75, 3.05) is 30.0 Å². The number of thioether (sulfide) groups is 1. The first-order chi connectivity index (χ1) is 15.9. The van der Waals surface area contributed by atoms with Gasteiger partial charge < -0.3 is 25.6 Å². The summed E-state index contributed by atoms with van der Waals surface area (Å²) >= 11 is 7.15. The minimum absolute atomic E-state index is 0.289. The average Bonchev–Trinajstić information content (AvgIpc) is 2.80. The van der Waals surface area contributed by atoms with E-state index < -0.39 is 6.04 Å². The second-order valence-electron chi connectivity index (χ2n) is 7.28. The smallest absolute Gasteiger partial charge is 0.338 e. The largest absolute Gasteiger partial charge is 0.463 e. The molecule has 0 saturated heterocycles. The lowest BCUT2D eigenvalue weighted by molar-refractivity contribution is -0.139. The van der Waals surface area contributed by atoms with Crippen molar-refractivity contribution in [1.82, 2.24) is 10.2 Å². The number of carbonyl (C=O) groups is 2. The Labute approximate surface area is 204 Å². The minimum Gasteiger partial charge on any atom is -0.463 e. The highest BCUT2D eigenvalue weighted by Gasteiger charge is 2.34. The highest BCUT2D eigenvalue weighted by atomic mass is 32.2. The first-order valence-electron chi connectivity index (χ1n) is 10.7. The number of amides is 2. The van der Waals surface area contributed by atoms with Crippen LogP contribution in [0.5, 0.6) is 0 Å². The summed E-state index contributed by atoms with van der Waals surface area (Å²) in [6, 6.07) is 14.2. The molecule has 1 unspecified atom stereocenters. The van der Waals surface area contributed by atoms with Crippen molar-refractivity contribution in [2.45, 2.75) is 31.7 Å². The molecule has 0 aliphatic carbocycles. The van der Waals surface area contributed by atoms with Gasteiger partial charge in [-0.2, -0.15) is 0 Å². The van der Waals surface area contributed by atoms with Crippen LogP contribution in [0, 0.1) is 0 Å². The SMILES string of the molecule is CCOC(=O)C1=C(C)N(CC)C(=S)NC1c1ccc(NC(=O)Nc2ccc(SC)cc2)cc1. The molecule has 9 heteroatoms. The highest BCUT2D eigenvalue weighted by molar-refractivity contribution is 7.98. The third kappa shape index (κ3) is 5.85. The maximum absolute atomic E-state index is 12.7. The average molecular weight is 485 g/mol. The molecule has 0 saturated carbocycles. The van der Waals surface area contributed by atoms with Gasteiger partial charge in [0.2, 0.25) is 0 Å². The summed E-state index contributed by atoms with van der Waals surface area (Å²) in [5.41, 5.74) is 3.48. The summed E-state index contributed by atoms with van der Waals surface area (Å²) in [5, 5.41) is 9.45. The zero-order chi connectivity index (χ0) is 24.0.